The second kappa shape index (κ2) is 5.81. The first kappa shape index (κ1) is 11.2. The lowest BCUT2D eigenvalue weighted by Gasteiger charge is -2.05. The van der Waals surface area contributed by atoms with Crippen molar-refractivity contribution in [2.45, 2.75) is 39.2 Å². The molecule has 3 heteroatoms. The smallest absolute Gasteiger partial charge is 0.333 e. The Morgan fingerprint density at radius 2 is 2.36 bits per heavy atom. The number of allylic oxidation sites excluding steroid dienone is 1. The fourth-order valence-electron chi connectivity index (χ4n) is 1.16. The van der Waals surface area contributed by atoms with Crippen LogP contribution in [0.3, 0.4) is 0 Å². The van der Waals surface area contributed by atoms with Crippen LogP contribution in [-0.4, -0.2) is 25.3 Å². The van der Waals surface area contributed by atoms with Gasteiger partial charge in [0.05, 0.1) is 6.61 Å². The molecular formula is C11H18O3. The summed E-state index contributed by atoms with van der Waals surface area (Å²) >= 11 is 0. The molecule has 0 saturated carbocycles. The van der Waals surface area contributed by atoms with E-state index in [2.05, 4.69) is 6.92 Å². The molecule has 0 bridgehead atoms. The van der Waals surface area contributed by atoms with Gasteiger partial charge in [-0.15, -0.1) is 0 Å². The zero-order valence-corrected chi connectivity index (χ0v) is 8.91. The van der Waals surface area contributed by atoms with E-state index < -0.39 is 0 Å². The van der Waals surface area contributed by atoms with Gasteiger partial charge in [0.2, 0.25) is 0 Å². The highest BCUT2D eigenvalue weighted by atomic mass is 16.6. The van der Waals surface area contributed by atoms with Crippen LogP contribution >= 0.6 is 0 Å². The van der Waals surface area contributed by atoms with Gasteiger partial charge in [0.1, 0.15) is 12.7 Å². The van der Waals surface area contributed by atoms with E-state index >= 15 is 0 Å². The van der Waals surface area contributed by atoms with Crippen molar-refractivity contribution in [3.63, 3.8) is 0 Å². The predicted molar refractivity (Wildman–Crippen MR) is 54.0 cm³/mol. The number of unbranched alkanes of at least 4 members (excludes halogenated alkanes) is 1. The van der Waals surface area contributed by atoms with Crippen LogP contribution < -0.4 is 0 Å². The molecule has 1 rings (SSSR count). The second-order valence-corrected chi connectivity index (χ2v) is 3.47. The van der Waals surface area contributed by atoms with E-state index in [4.69, 9.17) is 9.47 Å². The monoisotopic (exact) mass is 198 g/mol. The molecule has 1 aliphatic rings. The van der Waals surface area contributed by atoms with Crippen molar-refractivity contribution in [2.75, 3.05) is 13.2 Å². The van der Waals surface area contributed by atoms with Crippen molar-refractivity contribution < 1.29 is 14.3 Å². The molecule has 1 atom stereocenters. The molecule has 80 valence electrons. The van der Waals surface area contributed by atoms with Crippen molar-refractivity contribution >= 4 is 5.97 Å². The van der Waals surface area contributed by atoms with Gasteiger partial charge in [0.25, 0.3) is 0 Å². The van der Waals surface area contributed by atoms with Gasteiger partial charge in [-0.2, -0.15) is 0 Å². The molecule has 0 spiro atoms. The van der Waals surface area contributed by atoms with E-state index in [1.165, 1.54) is 0 Å². The molecule has 0 aliphatic carbocycles. The van der Waals surface area contributed by atoms with Gasteiger partial charge in [-0.1, -0.05) is 19.4 Å². The Labute approximate surface area is 85.1 Å². The number of ether oxygens (including phenoxy) is 2. The van der Waals surface area contributed by atoms with E-state index in [0.717, 1.165) is 31.4 Å². The highest BCUT2D eigenvalue weighted by molar-refractivity contribution is 5.88. The van der Waals surface area contributed by atoms with E-state index in [9.17, 15) is 4.79 Å². The van der Waals surface area contributed by atoms with Gasteiger partial charge >= 0.3 is 5.97 Å². The Bertz CT molecular complexity index is 217. The SMILES string of the molecule is CC=C(CCCC)C(=O)OCC1CO1. The topological polar surface area (TPSA) is 38.8 Å². The molecule has 0 amide bonds. The highest BCUT2D eigenvalue weighted by Gasteiger charge is 2.24. The number of carbonyl (C=O) groups is 1. The molecule has 0 radical (unpaired) electrons. The minimum atomic E-state index is -0.184. The lowest BCUT2D eigenvalue weighted by Crippen LogP contribution is -2.12. The number of esters is 1. The Balaban J connectivity index is 2.23. The largest absolute Gasteiger partial charge is 0.459 e. The summed E-state index contributed by atoms with van der Waals surface area (Å²) in [6.07, 6.45) is 4.94. The Kier molecular flexibility index (Phi) is 4.66. The fourth-order valence-corrected chi connectivity index (χ4v) is 1.16. The number of hydrogen-bond acceptors (Lipinski definition) is 3. The van der Waals surface area contributed by atoms with Gasteiger partial charge in [-0.25, -0.2) is 4.79 Å². The molecule has 0 aromatic rings. The van der Waals surface area contributed by atoms with Gasteiger partial charge in [0, 0.05) is 5.57 Å². The van der Waals surface area contributed by atoms with Crippen molar-refractivity contribution in [1.29, 1.82) is 0 Å². The van der Waals surface area contributed by atoms with Crippen molar-refractivity contribution in [1.82, 2.24) is 0 Å². The summed E-state index contributed by atoms with van der Waals surface area (Å²) in [5, 5.41) is 0. The maximum Gasteiger partial charge on any atom is 0.333 e. The molecule has 3 nitrogen and oxygen atoms in total. The Morgan fingerprint density at radius 1 is 1.64 bits per heavy atom. The maximum atomic E-state index is 11.5. The highest BCUT2D eigenvalue weighted by Crippen LogP contribution is 2.13. The van der Waals surface area contributed by atoms with Crippen LogP contribution in [0.1, 0.15) is 33.1 Å². The molecule has 14 heavy (non-hydrogen) atoms. The second-order valence-electron chi connectivity index (χ2n) is 3.47. The first-order valence-corrected chi connectivity index (χ1v) is 5.21. The summed E-state index contributed by atoms with van der Waals surface area (Å²) in [4.78, 5) is 11.5. The van der Waals surface area contributed by atoms with Crippen LogP contribution in [0.5, 0.6) is 0 Å². The molecule has 1 fully saturated rings. The van der Waals surface area contributed by atoms with Gasteiger partial charge in [-0.05, 0) is 19.8 Å². The Hall–Kier alpha value is -0.830. The summed E-state index contributed by atoms with van der Waals surface area (Å²) in [6.45, 7) is 5.12. The van der Waals surface area contributed by atoms with E-state index in [-0.39, 0.29) is 12.1 Å². The number of rotatable bonds is 6. The van der Waals surface area contributed by atoms with Crippen LogP contribution in [0.25, 0.3) is 0 Å². The van der Waals surface area contributed by atoms with Crippen molar-refractivity contribution in [3.05, 3.63) is 11.6 Å². The molecule has 0 aromatic carbocycles. The molecule has 0 N–H and O–H groups in total. The zero-order chi connectivity index (χ0) is 10.4. The van der Waals surface area contributed by atoms with Crippen LogP contribution in [0.15, 0.2) is 11.6 Å². The third-order valence-corrected chi connectivity index (χ3v) is 2.21. The van der Waals surface area contributed by atoms with Crippen LogP contribution in [0, 0.1) is 0 Å². The minimum Gasteiger partial charge on any atom is -0.459 e. The van der Waals surface area contributed by atoms with E-state index in [0.29, 0.717) is 6.61 Å². The van der Waals surface area contributed by atoms with E-state index in [1.807, 2.05) is 13.0 Å². The van der Waals surface area contributed by atoms with Crippen LogP contribution in [0.2, 0.25) is 0 Å². The normalized spacial score (nSPS) is 20.7. The maximum absolute atomic E-state index is 11.5. The van der Waals surface area contributed by atoms with Crippen LogP contribution in [-0.2, 0) is 14.3 Å². The number of epoxide rings is 1. The molecular weight excluding hydrogens is 180 g/mol. The predicted octanol–water partition coefficient (Wildman–Crippen LogP) is 2.06. The summed E-state index contributed by atoms with van der Waals surface area (Å²) in [5.41, 5.74) is 0.785. The summed E-state index contributed by atoms with van der Waals surface area (Å²) in [6, 6.07) is 0. The summed E-state index contributed by atoms with van der Waals surface area (Å²) in [5.74, 6) is -0.184. The average Bonchev–Trinajstić information content (AvgIpc) is 2.99. The zero-order valence-electron chi connectivity index (χ0n) is 8.91. The minimum absolute atomic E-state index is 0.156. The molecule has 1 unspecified atom stereocenters. The molecule has 0 aromatic heterocycles. The summed E-state index contributed by atoms with van der Waals surface area (Å²) in [7, 11) is 0. The molecule has 1 heterocycles. The van der Waals surface area contributed by atoms with Gasteiger partial charge < -0.3 is 9.47 Å². The van der Waals surface area contributed by atoms with Crippen molar-refractivity contribution in [2.24, 2.45) is 0 Å². The fraction of sp³-hybridized carbons (Fsp3) is 0.727. The van der Waals surface area contributed by atoms with E-state index in [1.54, 1.807) is 0 Å². The first-order chi connectivity index (χ1) is 6.77. The lowest BCUT2D eigenvalue weighted by molar-refractivity contribution is -0.139. The molecule has 1 aliphatic heterocycles. The first-order valence-electron chi connectivity index (χ1n) is 5.21. The third kappa shape index (κ3) is 3.92. The lowest BCUT2D eigenvalue weighted by atomic mass is 10.1. The average molecular weight is 198 g/mol. The van der Waals surface area contributed by atoms with Gasteiger partial charge in [-0.3, -0.25) is 0 Å². The van der Waals surface area contributed by atoms with Crippen molar-refractivity contribution in [3.8, 4) is 0 Å². The standard InChI is InChI=1S/C11H18O3/c1-3-5-6-9(4-2)11(12)14-8-10-7-13-10/h4,10H,3,5-8H2,1-2H3. The van der Waals surface area contributed by atoms with Crippen LogP contribution in [0.4, 0.5) is 0 Å². The third-order valence-electron chi connectivity index (χ3n) is 2.21. The summed E-state index contributed by atoms with van der Waals surface area (Å²) < 4.78 is 10.0. The quantitative estimate of drug-likeness (QED) is 0.372. The van der Waals surface area contributed by atoms with Gasteiger partial charge in [0.15, 0.2) is 0 Å². The number of hydrogen-bond donors (Lipinski definition) is 0. The Morgan fingerprint density at radius 3 is 2.86 bits per heavy atom. The number of carbonyl (C=O) groups excluding carboxylic acids is 1. The molecule has 1 saturated heterocycles.